The third-order valence-corrected chi connectivity index (χ3v) is 5.30. The van der Waals surface area contributed by atoms with Crippen molar-refractivity contribution in [1.29, 1.82) is 0 Å². The van der Waals surface area contributed by atoms with Gasteiger partial charge in [-0.05, 0) is 24.5 Å². The number of aromatic nitrogens is 2. The molecule has 0 bridgehead atoms. The Morgan fingerprint density at radius 2 is 1.77 bits per heavy atom. The molecule has 3 heterocycles. The topological polar surface area (TPSA) is 50.6 Å². The van der Waals surface area contributed by atoms with Crippen LogP contribution in [0.3, 0.4) is 0 Å². The fraction of sp³-hybridized carbons (Fsp3) is 0.500. The number of amides is 1. The van der Waals surface area contributed by atoms with Crippen LogP contribution < -0.4 is 0 Å². The van der Waals surface area contributed by atoms with E-state index in [1.54, 1.807) is 0 Å². The second-order valence-corrected chi connectivity index (χ2v) is 7.08. The number of piperazine rings is 1. The van der Waals surface area contributed by atoms with E-state index in [1.165, 1.54) is 5.56 Å². The molecule has 0 aliphatic carbocycles. The van der Waals surface area contributed by atoms with Crippen LogP contribution in [0, 0.1) is 0 Å². The zero-order valence-electron chi connectivity index (χ0n) is 15.1. The summed E-state index contributed by atoms with van der Waals surface area (Å²) in [5.74, 6) is 0.0511. The number of nitrogens with zero attached hydrogens (tertiary/aromatic N) is 4. The van der Waals surface area contributed by atoms with Crippen LogP contribution >= 0.6 is 0 Å². The summed E-state index contributed by atoms with van der Waals surface area (Å²) in [6.45, 7) is 5.82. The van der Waals surface area contributed by atoms with Gasteiger partial charge < -0.3 is 9.64 Å². The number of rotatable bonds is 4. The normalized spacial score (nSPS) is 19.6. The van der Waals surface area contributed by atoms with Crippen molar-refractivity contribution in [3.63, 3.8) is 0 Å². The van der Waals surface area contributed by atoms with E-state index in [0.717, 1.165) is 58.8 Å². The van der Waals surface area contributed by atoms with E-state index in [4.69, 9.17) is 4.74 Å². The highest BCUT2D eigenvalue weighted by molar-refractivity contribution is 5.92. The van der Waals surface area contributed by atoms with Gasteiger partial charge in [-0.3, -0.25) is 14.4 Å². The van der Waals surface area contributed by atoms with E-state index in [0.29, 0.717) is 11.7 Å². The third kappa shape index (κ3) is 3.97. The highest BCUT2D eigenvalue weighted by atomic mass is 16.5. The smallest absolute Gasteiger partial charge is 0.274 e. The van der Waals surface area contributed by atoms with Crippen LogP contribution in [0.5, 0.6) is 0 Å². The van der Waals surface area contributed by atoms with Crippen LogP contribution in [0.4, 0.5) is 0 Å². The molecule has 0 saturated carbocycles. The Balaban J connectivity index is 1.31. The first-order valence-electron chi connectivity index (χ1n) is 9.48. The number of hydrogen-bond acceptors (Lipinski definition) is 4. The monoisotopic (exact) mass is 354 g/mol. The standard InChI is InChI=1S/C20H26N4O2/c25-20(19-6-9-24(21-19)18-7-14-26-15-8-18)23-12-10-22(11-13-23)16-17-4-2-1-3-5-17/h1-6,9,18H,7-8,10-16H2. The lowest BCUT2D eigenvalue weighted by atomic mass is 10.1. The van der Waals surface area contributed by atoms with Crippen molar-refractivity contribution in [3.05, 3.63) is 53.9 Å². The van der Waals surface area contributed by atoms with Crippen molar-refractivity contribution in [1.82, 2.24) is 19.6 Å². The van der Waals surface area contributed by atoms with E-state index in [9.17, 15) is 4.79 Å². The Labute approximate surface area is 154 Å². The fourth-order valence-electron chi connectivity index (χ4n) is 3.72. The van der Waals surface area contributed by atoms with Gasteiger partial charge in [-0.15, -0.1) is 0 Å². The van der Waals surface area contributed by atoms with E-state index in [-0.39, 0.29) is 5.91 Å². The number of ether oxygens (including phenoxy) is 1. The Morgan fingerprint density at radius 3 is 2.50 bits per heavy atom. The molecule has 2 aliphatic heterocycles. The molecule has 6 nitrogen and oxygen atoms in total. The minimum Gasteiger partial charge on any atom is -0.381 e. The van der Waals surface area contributed by atoms with Gasteiger partial charge in [-0.1, -0.05) is 30.3 Å². The van der Waals surface area contributed by atoms with Crippen LogP contribution in [-0.4, -0.2) is 64.9 Å². The van der Waals surface area contributed by atoms with Gasteiger partial charge in [-0.25, -0.2) is 0 Å². The minimum absolute atomic E-state index is 0.0511. The van der Waals surface area contributed by atoms with Gasteiger partial charge in [0.25, 0.3) is 5.91 Å². The van der Waals surface area contributed by atoms with Crippen LogP contribution in [-0.2, 0) is 11.3 Å². The number of benzene rings is 1. The maximum absolute atomic E-state index is 12.8. The molecular weight excluding hydrogens is 328 g/mol. The van der Waals surface area contributed by atoms with Crippen molar-refractivity contribution in [3.8, 4) is 0 Å². The molecule has 2 saturated heterocycles. The largest absolute Gasteiger partial charge is 0.381 e. The zero-order chi connectivity index (χ0) is 17.8. The molecule has 4 rings (SSSR count). The molecule has 0 spiro atoms. The van der Waals surface area contributed by atoms with Gasteiger partial charge in [0.05, 0.1) is 6.04 Å². The lowest BCUT2D eigenvalue weighted by Gasteiger charge is -2.34. The van der Waals surface area contributed by atoms with Crippen LogP contribution in [0.15, 0.2) is 42.6 Å². The van der Waals surface area contributed by atoms with Crippen LogP contribution in [0.1, 0.15) is 34.9 Å². The summed E-state index contributed by atoms with van der Waals surface area (Å²) in [6, 6.07) is 12.7. The molecule has 0 N–H and O–H groups in total. The van der Waals surface area contributed by atoms with Crippen molar-refractivity contribution >= 4 is 5.91 Å². The first-order chi connectivity index (χ1) is 12.8. The highest BCUT2D eigenvalue weighted by Gasteiger charge is 2.25. The molecule has 2 aliphatic rings. The molecule has 1 aromatic heterocycles. The van der Waals surface area contributed by atoms with Gasteiger partial charge in [0.15, 0.2) is 0 Å². The van der Waals surface area contributed by atoms with E-state index in [2.05, 4.69) is 34.3 Å². The second-order valence-electron chi connectivity index (χ2n) is 7.08. The summed E-state index contributed by atoms with van der Waals surface area (Å²) in [7, 11) is 0. The van der Waals surface area contributed by atoms with Crippen LogP contribution in [0.25, 0.3) is 0 Å². The molecule has 0 atom stereocenters. The lowest BCUT2D eigenvalue weighted by molar-refractivity contribution is 0.0608. The second kappa shape index (κ2) is 8.01. The van der Waals surface area contributed by atoms with Crippen molar-refractivity contribution in [2.24, 2.45) is 0 Å². The number of carbonyl (C=O) groups is 1. The predicted molar refractivity (Wildman–Crippen MR) is 98.9 cm³/mol. The minimum atomic E-state index is 0.0511. The molecule has 0 radical (unpaired) electrons. The zero-order valence-corrected chi connectivity index (χ0v) is 15.1. The van der Waals surface area contributed by atoms with E-state index >= 15 is 0 Å². The fourth-order valence-corrected chi connectivity index (χ4v) is 3.72. The molecule has 1 aromatic carbocycles. The summed E-state index contributed by atoms with van der Waals surface area (Å²) in [5.41, 5.74) is 1.88. The maximum atomic E-state index is 12.8. The van der Waals surface area contributed by atoms with E-state index in [1.807, 2.05) is 27.9 Å². The summed E-state index contributed by atoms with van der Waals surface area (Å²) in [5, 5.41) is 4.55. The molecule has 2 aromatic rings. The quantitative estimate of drug-likeness (QED) is 0.845. The molecule has 2 fully saturated rings. The molecular formula is C20H26N4O2. The van der Waals surface area contributed by atoms with Gasteiger partial charge in [0, 0.05) is 52.1 Å². The lowest BCUT2D eigenvalue weighted by Crippen LogP contribution is -2.48. The van der Waals surface area contributed by atoms with Gasteiger partial charge in [0.1, 0.15) is 5.69 Å². The van der Waals surface area contributed by atoms with Gasteiger partial charge >= 0.3 is 0 Å². The third-order valence-electron chi connectivity index (χ3n) is 5.30. The Hall–Kier alpha value is -2.18. The van der Waals surface area contributed by atoms with Gasteiger partial charge in [0.2, 0.25) is 0 Å². The first-order valence-corrected chi connectivity index (χ1v) is 9.48. The number of hydrogen-bond donors (Lipinski definition) is 0. The van der Waals surface area contributed by atoms with Gasteiger partial charge in [-0.2, -0.15) is 5.10 Å². The predicted octanol–water partition coefficient (Wildman–Crippen LogP) is 2.19. The molecule has 138 valence electrons. The summed E-state index contributed by atoms with van der Waals surface area (Å²) >= 11 is 0. The molecule has 0 unspecified atom stereocenters. The number of carbonyl (C=O) groups excluding carboxylic acids is 1. The summed E-state index contributed by atoms with van der Waals surface area (Å²) in [6.07, 6.45) is 3.87. The average Bonchev–Trinajstić information content (AvgIpc) is 3.20. The van der Waals surface area contributed by atoms with Crippen molar-refractivity contribution in [2.75, 3.05) is 39.4 Å². The Kier molecular flexibility index (Phi) is 5.32. The summed E-state index contributed by atoms with van der Waals surface area (Å²) < 4.78 is 7.35. The first kappa shape index (κ1) is 17.2. The molecule has 6 heteroatoms. The SMILES string of the molecule is O=C(c1ccn(C2CCOCC2)n1)N1CCN(Cc2ccccc2)CC1. The average molecular weight is 354 g/mol. The highest BCUT2D eigenvalue weighted by Crippen LogP contribution is 2.20. The summed E-state index contributed by atoms with van der Waals surface area (Å²) in [4.78, 5) is 17.1. The van der Waals surface area contributed by atoms with Crippen LogP contribution in [0.2, 0.25) is 0 Å². The van der Waals surface area contributed by atoms with E-state index < -0.39 is 0 Å². The molecule has 26 heavy (non-hydrogen) atoms. The molecule has 1 amide bonds. The maximum Gasteiger partial charge on any atom is 0.274 e. The Morgan fingerprint density at radius 1 is 1.04 bits per heavy atom. The van der Waals surface area contributed by atoms with Crippen molar-refractivity contribution in [2.45, 2.75) is 25.4 Å². The Bertz CT molecular complexity index is 716. The van der Waals surface area contributed by atoms with Crippen molar-refractivity contribution < 1.29 is 9.53 Å².